The molecule has 4 rings (SSSR count). The number of amides is 2. The highest BCUT2D eigenvalue weighted by molar-refractivity contribution is 5.86. The van der Waals surface area contributed by atoms with Gasteiger partial charge in [0, 0.05) is 32.1 Å². The molecule has 0 N–H and O–H groups in total. The fourth-order valence-corrected chi connectivity index (χ4v) is 5.16. The van der Waals surface area contributed by atoms with Crippen molar-refractivity contribution in [1.29, 1.82) is 0 Å². The van der Waals surface area contributed by atoms with Gasteiger partial charge in [0.15, 0.2) is 0 Å². The third kappa shape index (κ3) is 3.56. The first-order valence-electron chi connectivity index (χ1n) is 10.3. The molecule has 27 heavy (non-hydrogen) atoms. The van der Waals surface area contributed by atoms with E-state index in [9.17, 15) is 9.59 Å². The van der Waals surface area contributed by atoms with Gasteiger partial charge in [0.25, 0.3) is 0 Å². The van der Waals surface area contributed by atoms with Crippen LogP contribution < -0.4 is 4.74 Å². The van der Waals surface area contributed by atoms with Crippen LogP contribution in [0.15, 0.2) is 24.3 Å². The molecule has 0 radical (unpaired) electrons. The van der Waals surface area contributed by atoms with Gasteiger partial charge in [-0.3, -0.25) is 9.59 Å². The van der Waals surface area contributed by atoms with Gasteiger partial charge in [0.1, 0.15) is 5.75 Å². The highest BCUT2D eigenvalue weighted by atomic mass is 16.5. The minimum absolute atomic E-state index is 0.201. The van der Waals surface area contributed by atoms with Crippen molar-refractivity contribution < 1.29 is 14.3 Å². The molecule has 3 aliphatic rings. The topological polar surface area (TPSA) is 49.9 Å². The molecule has 2 amide bonds. The molecule has 2 aliphatic heterocycles. The van der Waals surface area contributed by atoms with E-state index in [4.69, 9.17) is 4.74 Å². The van der Waals surface area contributed by atoms with Crippen LogP contribution in [0, 0.1) is 11.3 Å². The molecule has 1 saturated carbocycles. The number of benzene rings is 1. The fraction of sp³-hybridized carbons (Fsp3) is 0.636. The number of carbonyl (C=O) groups is 2. The Bertz CT molecular complexity index is 713. The number of nitrogens with zero attached hydrogens (tertiary/aromatic N) is 2. The van der Waals surface area contributed by atoms with Gasteiger partial charge in [-0.15, -0.1) is 0 Å². The van der Waals surface area contributed by atoms with E-state index < -0.39 is 0 Å². The molecule has 1 aromatic rings. The third-order valence-corrected chi connectivity index (χ3v) is 6.70. The Morgan fingerprint density at radius 3 is 2.78 bits per heavy atom. The lowest BCUT2D eigenvalue weighted by molar-refractivity contribution is -0.147. The standard InChI is InChI=1S/C22H30N2O3/c1-27-19-9-4-6-17(14-19)15-23-12-5-10-22(21(23)26)11-13-24(16-22)20(25)18-7-2-3-8-18/h4,6,9,14,18H,2-3,5,7-8,10-13,15-16H2,1H3/t22-/m0/s1. The fourth-order valence-electron chi connectivity index (χ4n) is 5.16. The molecule has 1 atom stereocenters. The van der Waals surface area contributed by atoms with Crippen LogP contribution in [0.5, 0.6) is 5.75 Å². The van der Waals surface area contributed by atoms with Gasteiger partial charge >= 0.3 is 0 Å². The Morgan fingerprint density at radius 2 is 2.00 bits per heavy atom. The Hall–Kier alpha value is -2.04. The van der Waals surface area contributed by atoms with E-state index in [0.717, 1.165) is 56.5 Å². The SMILES string of the molecule is COc1cccc(CN2CCC[C@@]3(CCN(C(=O)C4CCCC4)C3)C2=O)c1. The molecule has 146 valence electrons. The van der Waals surface area contributed by atoms with Gasteiger partial charge in [-0.2, -0.15) is 0 Å². The zero-order valence-electron chi connectivity index (χ0n) is 16.3. The van der Waals surface area contributed by atoms with E-state index in [0.29, 0.717) is 19.0 Å². The summed E-state index contributed by atoms with van der Waals surface area (Å²) in [6.45, 7) is 2.78. The van der Waals surface area contributed by atoms with Crippen molar-refractivity contribution in [3.05, 3.63) is 29.8 Å². The van der Waals surface area contributed by atoms with Gasteiger partial charge in [-0.1, -0.05) is 25.0 Å². The number of likely N-dealkylation sites (tertiary alicyclic amines) is 2. The molecule has 0 unspecified atom stereocenters. The zero-order valence-corrected chi connectivity index (χ0v) is 16.3. The van der Waals surface area contributed by atoms with Crippen molar-refractivity contribution in [2.24, 2.45) is 11.3 Å². The Kier molecular flexibility index (Phi) is 5.11. The maximum absolute atomic E-state index is 13.4. The Balaban J connectivity index is 1.44. The van der Waals surface area contributed by atoms with Crippen LogP contribution in [0.4, 0.5) is 0 Å². The number of rotatable bonds is 4. The smallest absolute Gasteiger partial charge is 0.230 e. The largest absolute Gasteiger partial charge is 0.497 e. The summed E-state index contributed by atoms with van der Waals surface area (Å²) >= 11 is 0. The van der Waals surface area contributed by atoms with Crippen molar-refractivity contribution in [3.8, 4) is 5.75 Å². The normalized spacial score (nSPS) is 26.2. The molecule has 1 spiro atoms. The van der Waals surface area contributed by atoms with Crippen molar-refractivity contribution in [1.82, 2.24) is 9.80 Å². The van der Waals surface area contributed by atoms with E-state index in [1.165, 1.54) is 12.8 Å². The second-order valence-corrected chi connectivity index (χ2v) is 8.45. The van der Waals surface area contributed by atoms with Crippen LogP contribution in [-0.2, 0) is 16.1 Å². The van der Waals surface area contributed by atoms with Crippen LogP contribution in [0.25, 0.3) is 0 Å². The van der Waals surface area contributed by atoms with Crippen molar-refractivity contribution in [2.45, 2.75) is 51.5 Å². The van der Waals surface area contributed by atoms with Gasteiger partial charge in [-0.05, 0) is 49.8 Å². The van der Waals surface area contributed by atoms with Gasteiger partial charge < -0.3 is 14.5 Å². The number of piperidine rings is 1. The van der Waals surface area contributed by atoms with E-state index in [1.807, 2.05) is 34.1 Å². The highest BCUT2D eigenvalue weighted by Crippen LogP contribution is 2.41. The molecule has 1 aliphatic carbocycles. The van der Waals surface area contributed by atoms with Crippen molar-refractivity contribution in [3.63, 3.8) is 0 Å². The number of hydrogen-bond acceptors (Lipinski definition) is 3. The molecule has 5 nitrogen and oxygen atoms in total. The van der Waals surface area contributed by atoms with Crippen LogP contribution >= 0.6 is 0 Å². The highest BCUT2D eigenvalue weighted by Gasteiger charge is 2.49. The molecule has 2 heterocycles. The molecule has 2 saturated heterocycles. The molecule has 5 heteroatoms. The van der Waals surface area contributed by atoms with E-state index >= 15 is 0 Å². The van der Waals surface area contributed by atoms with Crippen molar-refractivity contribution in [2.75, 3.05) is 26.7 Å². The summed E-state index contributed by atoms with van der Waals surface area (Å²) in [5.41, 5.74) is 0.738. The lowest BCUT2D eigenvalue weighted by Gasteiger charge is -2.39. The summed E-state index contributed by atoms with van der Waals surface area (Å²) in [5.74, 6) is 1.55. The summed E-state index contributed by atoms with van der Waals surface area (Å²) in [4.78, 5) is 30.1. The lowest BCUT2D eigenvalue weighted by atomic mass is 9.78. The first-order chi connectivity index (χ1) is 13.1. The summed E-state index contributed by atoms with van der Waals surface area (Å²) in [6, 6.07) is 7.93. The number of carbonyl (C=O) groups excluding carboxylic acids is 2. The molecular formula is C22H30N2O3. The zero-order chi connectivity index (χ0) is 18.9. The van der Waals surface area contributed by atoms with E-state index in [1.54, 1.807) is 7.11 Å². The van der Waals surface area contributed by atoms with Gasteiger partial charge in [0.2, 0.25) is 11.8 Å². The number of methoxy groups -OCH3 is 1. The minimum Gasteiger partial charge on any atom is -0.497 e. The average Bonchev–Trinajstić information content (AvgIpc) is 3.36. The molecule has 0 bridgehead atoms. The second kappa shape index (κ2) is 7.53. The van der Waals surface area contributed by atoms with Crippen LogP contribution in [0.2, 0.25) is 0 Å². The second-order valence-electron chi connectivity index (χ2n) is 8.45. The quantitative estimate of drug-likeness (QED) is 0.818. The van der Waals surface area contributed by atoms with Crippen molar-refractivity contribution >= 4 is 11.8 Å². The maximum atomic E-state index is 13.4. The maximum Gasteiger partial charge on any atom is 0.230 e. The van der Waals surface area contributed by atoms with E-state index in [2.05, 4.69) is 0 Å². The minimum atomic E-state index is -0.356. The first-order valence-corrected chi connectivity index (χ1v) is 10.3. The van der Waals surface area contributed by atoms with Gasteiger partial charge in [-0.25, -0.2) is 0 Å². The third-order valence-electron chi connectivity index (χ3n) is 6.70. The number of hydrogen-bond donors (Lipinski definition) is 0. The summed E-state index contributed by atoms with van der Waals surface area (Å²) in [6.07, 6.45) is 7.14. The first kappa shape index (κ1) is 18.3. The summed E-state index contributed by atoms with van der Waals surface area (Å²) in [7, 11) is 1.66. The Labute approximate surface area is 161 Å². The summed E-state index contributed by atoms with van der Waals surface area (Å²) in [5, 5.41) is 0. The number of ether oxygens (including phenoxy) is 1. The Morgan fingerprint density at radius 1 is 1.19 bits per heavy atom. The van der Waals surface area contributed by atoms with Gasteiger partial charge in [0.05, 0.1) is 12.5 Å². The average molecular weight is 370 g/mol. The molecule has 0 aromatic heterocycles. The lowest BCUT2D eigenvalue weighted by Crippen LogP contribution is -2.50. The monoisotopic (exact) mass is 370 g/mol. The van der Waals surface area contributed by atoms with E-state index in [-0.39, 0.29) is 17.2 Å². The molecule has 1 aromatic carbocycles. The van der Waals surface area contributed by atoms with Crippen LogP contribution in [0.1, 0.15) is 50.5 Å². The van der Waals surface area contributed by atoms with Crippen LogP contribution in [0.3, 0.4) is 0 Å². The molecular weight excluding hydrogens is 340 g/mol. The predicted octanol–water partition coefficient (Wildman–Crippen LogP) is 3.23. The van der Waals surface area contributed by atoms with Crippen LogP contribution in [-0.4, -0.2) is 48.4 Å². The molecule has 3 fully saturated rings. The predicted molar refractivity (Wildman–Crippen MR) is 103 cm³/mol. The summed E-state index contributed by atoms with van der Waals surface area (Å²) < 4.78 is 5.31.